The van der Waals surface area contributed by atoms with Gasteiger partial charge >= 0.3 is 6.36 Å². The monoisotopic (exact) mass is 520 g/mol. The Labute approximate surface area is 206 Å². The summed E-state index contributed by atoms with van der Waals surface area (Å²) in [6.07, 6.45) is -3.14. The number of imidazole rings is 1. The summed E-state index contributed by atoms with van der Waals surface area (Å²) in [5, 5.41) is 5.58. The number of aromatic nitrogens is 3. The predicted octanol–water partition coefficient (Wildman–Crippen LogP) is 5.94. The van der Waals surface area contributed by atoms with Crippen LogP contribution in [0.2, 0.25) is 0 Å². The molecular weight excluding hydrogens is 501 g/mol. The molecule has 182 valence electrons. The molecule has 0 aliphatic rings. The summed E-state index contributed by atoms with van der Waals surface area (Å²) >= 11 is 2.53. The number of methoxy groups -OCH3 is 1. The molecule has 0 aliphatic carbocycles. The van der Waals surface area contributed by atoms with Gasteiger partial charge in [-0.3, -0.25) is 9.36 Å². The number of carbonyl (C=O) groups excluding carboxylic acids is 1. The number of hydrogen-bond donors (Lipinski definition) is 1. The zero-order chi connectivity index (χ0) is 25.0. The molecule has 2 heterocycles. The van der Waals surface area contributed by atoms with Gasteiger partial charge in [-0.05, 0) is 55.5 Å². The van der Waals surface area contributed by atoms with Crippen molar-refractivity contribution < 1.29 is 27.4 Å². The van der Waals surface area contributed by atoms with E-state index in [0.717, 1.165) is 11.3 Å². The summed E-state index contributed by atoms with van der Waals surface area (Å²) < 4.78 is 48.7. The largest absolute Gasteiger partial charge is 0.573 e. The van der Waals surface area contributed by atoms with Crippen LogP contribution in [-0.4, -0.2) is 39.7 Å². The molecule has 0 aliphatic heterocycles. The second-order valence-corrected chi connectivity index (χ2v) is 8.96. The maximum absolute atomic E-state index is 12.6. The summed E-state index contributed by atoms with van der Waals surface area (Å²) in [4.78, 5) is 21.1. The predicted molar refractivity (Wildman–Crippen MR) is 128 cm³/mol. The second-order valence-electron chi connectivity index (χ2n) is 7.16. The van der Waals surface area contributed by atoms with Gasteiger partial charge < -0.3 is 14.8 Å². The molecule has 0 saturated carbocycles. The lowest BCUT2D eigenvalue weighted by Gasteiger charge is -2.14. The number of anilines is 1. The van der Waals surface area contributed by atoms with Crippen molar-refractivity contribution in [2.45, 2.75) is 18.4 Å². The van der Waals surface area contributed by atoms with E-state index in [9.17, 15) is 18.0 Å². The van der Waals surface area contributed by atoms with E-state index in [2.05, 4.69) is 20.0 Å². The number of alkyl halides is 3. The summed E-state index contributed by atoms with van der Waals surface area (Å²) in [5.74, 6) is 0.156. The van der Waals surface area contributed by atoms with E-state index in [4.69, 9.17) is 4.74 Å². The van der Waals surface area contributed by atoms with Crippen molar-refractivity contribution >= 4 is 34.1 Å². The molecule has 0 saturated heterocycles. The van der Waals surface area contributed by atoms with Gasteiger partial charge in [0.05, 0.1) is 30.4 Å². The van der Waals surface area contributed by atoms with Gasteiger partial charge in [0, 0.05) is 16.6 Å². The summed E-state index contributed by atoms with van der Waals surface area (Å²) in [6, 6.07) is 12.7. The van der Waals surface area contributed by atoms with E-state index >= 15 is 0 Å². The smallest absolute Gasteiger partial charge is 0.497 e. The van der Waals surface area contributed by atoms with E-state index in [1.807, 2.05) is 24.4 Å². The minimum Gasteiger partial charge on any atom is -0.497 e. The van der Waals surface area contributed by atoms with Crippen molar-refractivity contribution in [3.05, 3.63) is 65.8 Å². The number of nitrogens with zero attached hydrogens (tertiary/aromatic N) is 3. The molecule has 12 heteroatoms. The van der Waals surface area contributed by atoms with Crippen molar-refractivity contribution in [2.75, 3.05) is 18.2 Å². The lowest BCUT2D eigenvalue weighted by atomic mass is 10.1. The Kier molecular flexibility index (Phi) is 7.31. The molecule has 1 amide bonds. The normalized spacial score (nSPS) is 11.3. The number of benzene rings is 2. The van der Waals surface area contributed by atoms with E-state index in [0.29, 0.717) is 27.4 Å². The highest BCUT2D eigenvalue weighted by atomic mass is 32.2. The lowest BCUT2D eigenvalue weighted by molar-refractivity contribution is -0.274. The molecule has 7 nitrogen and oxygen atoms in total. The third kappa shape index (κ3) is 6.34. The average Bonchev–Trinajstić information content (AvgIpc) is 3.43. The van der Waals surface area contributed by atoms with Crippen molar-refractivity contribution in [2.24, 2.45) is 0 Å². The van der Waals surface area contributed by atoms with Crippen molar-refractivity contribution in [3.8, 4) is 28.4 Å². The van der Waals surface area contributed by atoms with Gasteiger partial charge in [-0.1, -0.05) is 11.8 Å². The number of nitrogens with one attached hydrogen (secondary N) is 1. The molecule has 0 atom stereocenters. The minimum absolute atomic E-state index is 0.0625. The first-order chi connectivity index (χ1) is 16.7. The van der Waals surface area contributed by atoms with Crippen molar-refractivity contribution in [1.29, 1.82) is 0 Å². The zero-order valence-electron chi connectivity index (χ0n) is 18.5. The molecule has 0 bridgehead atoms. The average molecular weight is 521 g/mol. The molecule has 1 N–H and O–H groups in total. The standard InChI is InChI=1S/C23H19F3N4O3S2/c1-14-12-34-21(28-14)29-20(31)13-35-22-27-11-19(15-3-7-17(32-2)8-4-15)30(22)16-5-9-18(10-6-16)33-23(24,25)26/h3-12H,13H2,1-2H3,(H,28,29,31). The molecule has 0 unspecified atom stereocenters. The molecular formula is C23H19F3N4O3S2. The number of aryl methyl sites for hydroxylation is 1. The van der Waals surface area contributed by atoms with Crippen LogP contribution in [0.1, 0.15) is 5.69 Å². The van der Waals surface area contributed by atoms with Gasteiger partial charge in [0.25, 0.3) is 0 Å². The fourth-order valence-electron chi connectivity index (χ4n) is 3.15. The van der Waals surface area contributed by atoms with Crippen LogP contribution >= 0.6 is 23.1 Å². The van der Waals surface area contributed by atoms with Crippen molar-refractivity contribution in [3.63, 3.8) is 0 Å². The molecule has 2 aromatic carbocycles. The number of amides is 1. The number of thioether (sulfide) groups is 1. The number of hydrogen-bond acceptors (Lipinski definition) is 7. The Balaban J connectivity index is 1.62. The molecule has 2 aromatic heterocycles. The van der Waals surface area contributed by atoms with E-state index in [1.165, 1.54) is 47.4 Å². The van der Waals surface area contributed by atoms with Gasteiger partial charge in [0.1, 0.15) is 11.5 Å². The first-order valence-corrected chi connectivity index (χ1v) is 12.0. The zero-order valence-corrected chi connectivity index (χ0v) is 20.1. The molecule has 0 fully saturated rings. The molecule has 0 spiro atoms. The number of halogens is 3. The third-order valence-corrected chi connectivity index (χ3v) is 6.47. The fourth-order valence-corrected chi connectivity index (χ4v) is 4.64. The maximum Gasteiger partial charge on any atom is 0.573 e. The first kappa shape index (κ1) is 24.6. The second kappa shape index (κ2) is 10.4. The van der Waals surface area contributed by atoms with Crippen molar-refractivity contribution in [1.82, 2.24) is 14.5 Å². The Morgan fingerprint density at radius 3 is 2.40 bits per heavy atom. The number of carbonyl (C=O) groups is 1. The molecule has 35 heavy (non-hydrogen) atoms. The summed E-state index contributed by atoms with van der Waals surface area (Å²) in [6.45, 7) is 1.84. The molecule has 0 radical (unpaired) electrons. The van der Waals surface area contributed by atoms with Crippen LogP contribution in [0.25, 0.3) is 16.9 Å². The Morgan fingerprint density at radius 1 is 1.11 bits per heavy atom. The highest BCUT2D eigenvalue weighted by Gasteiger charge is 2.31. The molecule has 4 rings (SSSR count). The minimum atomic E-state index is -4.78. The fraction of sp³-hybridized carbons (Fsp3) is 0.174. The van der Waals surface area contributed by atoms with Gasteiger partial charge in [0.2, 0.25) is 5.91 Å². The van der Waals surface area contributed by atoms with Crippen LogP contribution < -0.4 is 14.8 Å². The van der Waals surface area contributed by atoms with Crippen LogP contribution in [0.3, 0.4) is 0 Å². The first-order valence-electron chi connectivity index (χ1n) is 10.1. The number of thiazole rings is 1. The van der Waals surface area contributed by atoms with E-state index < -0.39 is 6.36 Å². The number of rotatable bonds is 8. The maximum atomic E-state index is 12.6. The van der Waals surface area contributed by atoms with Gasteiger partial charge in [-0.25, -0.2) is 9.97 Å². The van der Waals surface area contributed by atoms with Gasteiger partial charge in [-0.2, -0.15) is 0 Å². The molecule has 4 aromatic rings. The van der Waals surface area contributed by atoms with Crippen LogP contribution in [0.4, 0.5) is 18.3 Å². The van der Waals surface area contributed by atoms with E-state index in [1.54, 1.807) is 30.0 Å². The number of ether oxygens (including phenoxy) is 2. The quantitative estimate of drug-likeness (QED) is 0.290. The summed E-state index contributed by atoms with van der Waals surface area (Å²) in [5.41, 5.74) is 2.87. The Bertz CT molecular complexity index is 1300. The van der Waals surface area contributed by atoms with Crippen LogP contribution in [-0.2, 0) is 4.79 Å². The van der Waals surface area contributed by atoms with Gasteiger partial charge in [0.15, 0.2) is 10.3 Å². The van der Waals surface area contributed by atoms with E-state index in [-0.39, 0.29) is 17.4 Å². The van der Waals surface area contributed by atoms with Crippen LogP contribution in [0.15, 0.2) is 65.3 Å². The highest BCUT2D eigenvalue weighted by Crippen LogP contribution is 2.32. The highest BCUT2D eigenvalue weighted by molar-refractivity contribution is 7.99. The Hall–Kier alpha value is -3.51. The van der Waals surface area contributed by atoms with Crippen LogP contribution in [0, 0.1) is 6.92 Å². The topological polar surface area (TPSA) is 78.3 Å². The summed E-state index contributed by atoms with van der Waals surface area (Å²) in [7, 11) is 1.57. The van der Waals surface area contributed by atoms with Crippen LogP contribution in [0.5, 0.6) is 11.5 Å². The SMILES string of the molecule is COc1ccc(-c2cnc(SCC(=O)Nc3nc(C)cs3)n2-c2ccc(OC(F)(F)F)cc2)cc1. The lowest BCUT2D eigenvalue weighted by Crippen LogP contribution is -2.17. The Morgan fingerprint density at radius 2 is 1.80 bits per heavy atom. The third-order valence-electron chi connectivity index (χ3n) is 4.64. The van der Waals surface area contributed by atoms with Gasteiger partial charge in [-0.15, -0.1) is 24.5 Å².